The minimum atomic E-state index is 0.254. The van der Waals surface area contributed by atoms with Crippen molar-refractivity contribution in [2.75, 3.05) is 11.4 Å². The van der Waals surface area contributed by atoms with Crippen LogP contribution in [0, 0.1) is 12.3 Å². The minimum absolute atomic E-state index is 0.254. The van der Waals surface area contributed by atoms with Crippen LogP contribution in [0.25, 0.3) is 0 Å². The van der Waals surface area contributed by atoms with Crippen molar-refractivity contribution in [3.05, 3.63) is 43.7 Å². The highest BCUT2D eigenvalue weighted by atomic mass is 35.5. The molecule has 1 aliphatic rings. The van der Waals surface area contributed by atoms with Gasteiger partial charge in [-0.15, -0.1) is 11.3 Å². The topological polar surface area (TPSA) is 50.3 Å². The van der Waals surface area contributed by atoms with E-state index in [-0.39, 0.29) is 5.56 Å². The van der Waals surface area contributed by atoms with Crippen LogP contribution < -0.4 is 4.90 Å². The number of amides is 1. The quantitative estimate of drug-likeness (QED) is 0.708. The van der Waals surface area contributed by atoms with Crippen LogP contribution in [-0.2, 0) is 24.1 Å². The van der Waals surface area contributed by atoms with Crippen LogP contribution in [0.4, 0.5) is 5.82 Å². The van der Waals surface area contributed by atoms with E-state index >= 15 is 0 Å². The number of halogens is 1. The van der Waals surface area contributed by atoms with Crippen LogP contribution in [-0.4, -0.2) is 24.2 Å². The summed E-state index contributed by atoms with van der Waals surface area (Å²) < 4.78 is 0. The van der Waals surface area contributed by atoms with Gasteiger partial charge in [-0.25, -0.2) is 4.98 Å². The van der Waals surface area contributed by atoms with E-state index < -0.39 is 0 Å². The summed E-state index contributed by atoms with van der Waals surface area (Å²) in [6.07, 6.45) is 5.83. The van der Waals surface area contributed by atoms with Gasteiger partial charge in [0.25, 0.3) is 0 Å². The van der Waals surface area contributed by atoms with Crippen molar-refractivity contribution in [1.29, 1.82) is 0 Å². The Morgan fingerprint density at radius 2 is 2.12 bits per heavy atom. The van der Waals surface area contributed by atoms with Crippen molar-refractivity contribution >= 4 is 41.5 Å². The Balaban J connectivity index is 1.83. The lowest BCUT2D eigenvalue weighted by Crippen LogP contribution is -2.26. The van der Waals surface area contributed by atoms with E-state index in [1.165, 1.54) is 32.0 Å². The number of aromatic nitrogens is 1. The Bertz CT molecular complexity index is 829. The number of hydrogen-bond acceptors (Lipinski definition) is 4. The fourth-order valence-electron chi connectivity index (χ4n) is 3.56. The molecule has 0 fully saturated rings. The maximum atomic E-state index is 11.6. The molecule has 1 aliphatic carbocycles. The molecule has 0 atom stereocenters. The third-order valence-electron chi connectivity index (χ3n) is 4.73. The Morgan fingerprint density at radius 3 is 2.80 bits per heavy atom. The molecule has 2 heterocycles. The summed E-state index contributed by atoms with van der Waals surface area (Å²) >= 11 is 7.92. The molecule has 0 saturated carbocycles. The predicted octanol–water partition coefficient (Wildman–Crippen LogP) is 4.25. The molecule has 4 nitrogen and oxygen atoms in total. The normalized spacial score (nSPS) is 15.0. The van der Waals surface area contributed by atoms with E-state index in [1.54, 1.807) is 6.07 Å². The summed E-state index contributed by atoms with van der Waals surface area (Å²) in [7, 11) is 0. The van der Waals surface area contributed by atoms with Crippen molar-refractivity contribution in [2.45, 2.75) is 40.0 Å². The summed E-state index contributed by atoms with van der Waals surface area (Å²) in [5.74, 6) is 0.322. The summed E-state index contributed by atoms with van der Waals surface area (Å²) in [6.45, 7) is 7.21. The molecule has 0 unspecified atom stereocenters. The zero-order chi connectivity index (χ0) is 18.2. The summed E-state index contributed by atoms with van der Waals surface area (Å²) in [5, 5.41) is 0.307. The number of fused-ring (bicyclic) bond motifs is 1. The first-order chi connectivity index (χ1) is 11.9. The third-order valence-corrected chi connectivity index (χ3v) is 6.25. The van der Waals surface area contributed by atoms with E-state index in [0.29, 0.717) is 29.1 Å². The highest BCUT2D eigenvalue weighted by molar-refractivity contribution is 7.12. The molecule has 3 rings (SSSR count). The van der Waals surface area contributed by atoms with Crippen LogP contribution >= 0.6 is 22.9 Å². The van der Waals surface area contributed by atoms with Gasteiger partial charge in [0.05, 0.1) is 10.6 Å². The first-order valence-corrected chi connectivity index (χ1v) is 9.47. The zero-order valence-corrected chi connectivity index (χ0v) is 16.2. The molecule has 0 bridgehead atoms. The number of carbonyl (C=O) groups excluding carboxylic acids is 2. The molecular formula is C19H21ClN2O2S. The largest absolute Gasteiger partial charge is 0.298 e. The number of thiophene rings is 1. The molecule has 0 saturated heterocycles. The molecular weight excluding hydrogens is 356 g/mol. The van der Waals surface area contributed by atoms with E-state index in [0.717, 1.165) is 25.7 Å². The van der Waals surface area contributed by atoms with Gasteiger partial charge in [-0.1, -0.05) is 25.4 Å². The monoisotopic (exact) mass is 376 g/mol. The molecule has 25 heavy (non-hydrogen) atoms. The highest BCUT2D eigenvalue weighted by Gasteiger charge is 2.32. The molecule has 2 aromatic rings. The van der Waals surface area contributed by atoms with E-state index in [9.17, 15) is 9.59 Å². The molecule has 0 aliphatic heterocycles. The van der Waals surface area contributed by atoms with Crippen molar-refractivity contribution in [1.82, 2.24) is 4.98 Å². The fraction of sp³-hybridized carbons (Fsp3) is 0.421. The number of aldehydes is 1. The Morgan fingerprint density at radius 1 is 1.36 bits per heavy atom. The molecule has 1 amide bonds. The van der Waals surface area contributed by atoms with Crippen LogP contribution in [0.2, 0.25) is 5.02 Å². The second-order valence-electron chi connectivity index (χ2n) is 7.25. The van der Waals surface area contributed by atoms with Gasteiger partial charge in [-0.2, -0.15) is 0 Å². The Labute approximate surface area is 156 Å². The van der Waals surface area contributed by atoms with E-state index in [2.05, 4.69) is 25.8 Å². The lowest BCUT2D eigenvalue weighted by Gasteiger charge is -2.20. The average Bonchev–Trinajstić information content (AvgIpc) is 2.99. The lowest BCUT2D eigenvalue weighted by molar-refractivity contribution is -0.107. The second-order valence-corrected chi connectivity index (χ2v) is 8.97. The van der Waals surface area contributed by atoms with E-state index in [1.807, 2.05) is 11.3 Å². The summed E-state index contributed by atoms with van der Waals surface area (Å²) in [4.78, 5) is 31.4. The summed E-state index contributed by atoms with van der Waals surface area (Å²) in [5.41, 5.74) is 3.36. The van der Waals surface area contributed by atoms with Gasteiger partial charge in [0.15, 0.2) is 6.29 Å². The number of carbonyl (C=O) groups is 2. The number of hydrogen-bond donors (Lipinski definition) is 0. The molecule has 132 valence electrons. The van der Waals surface area contributed by atoms with Crippen molar-refractivity contribution in [3.63, 3.8) is 0 Å². The second kappa shape index (κ2) is 6.89. The SMILES string of the molecule is Cc1sc2c(c1CCN(C=O)c1nccc(Cl)c1C=O)CC(C)(C)C2. The molecule has 6 heteroatoms. The maximum absolute atomic E-state index is 11.6. The smallest absolute Gasteiger partial charge is 0.215 e. The predicted molar refractivity (Wildman–Crippen MR) is 102 cm³/mol. The minimum Gasteiger partial charge on any atom is -0.298 e. The van der Waals surface area contributed by atoms with Crippen LogP contribution in [0.3, 0.4) is 0 Å². The molecule has 2 aromatic heterocycles. The standard InChI is InChI=1S/C19H21ClN2O2S/c1-12-13(14-8-19(2,3)9-17(14)25-12)5-7-22(11-24)18-15(10-23)16(20)4-6-21-18/h4,6,10-11H,5,7-9H2,1-3H3. The first-order valence-electron chi connectivity index (χ1n) is 8.28. The van der Waals surface area contributed by atoms with Crippen LogP contribution in [0.5, 0.6) is 0 Å². The van der Waals surface area contributed by atoms with Gasteiger partial charge in [0.2, 0.25) is 6.41 Å². The number of anilines is 1. The van der Waals surface area contributed by atoms with Gasteiger partial charge >= 0.3 is 0 Å². The van der Waals surface area contributed by atoms with Gasteiger partial charge in [0.1, 0.15) is 5.82 Å². The fourth-order valence-corrected chi connectivity index (χ4v) is 5.24. The molecule has 0 spiro atoms. The number of pyridine rings is 1. The van der Waals surface area contributed by atoms with Crippen molar-refractivity contribution in [2.24, 2.45) is 5.41 Å². The summed E-state index contributed by atoms with van der Waals surface area (Å²) in [6, 6.07) is 1.55. The van der Waals surface area contributed by atoms with Crippen LogP contribution in [0.15, 0.2) is 12.3 Å². The Kier molecular flexibility index (Phi) is 4.98. The van der Waals surface area contributed by atoms with Crippen LogP contribution in [0.1, 0.15) is 45.1 Å². The highest BCUT2D eigenvalue weighted by Crippen LogP contribution is 2.43. The number of aryl methyl sites for hydroxylation is 1. The number of rotatable bonds is 6. The lowest BCUT2D eigenvalue weighted by atomic mass is 9.89. The van der Waals surface area contributed by atoms with Gasteiger partial charge < -0.3 is 0 Å². The Hall–Kier alpha value is -1.72. The first kappa shape index (κ1) is 18.1. The van der Waals surface area contributed by atoms with Gasteiger partial charge in [-0.3, -0.25) is 14.5 Å². The van der Waals surface area contributed by atoms with Gasteiger partial charge in [-0.05, 0) is 48.8 Å². The van der Waals surface area contributed by atoms with Crippen molar-refractivity contribution < 1.29 is 9.59 Å². The third kappa shape index (κ3) is 3.48. The maximum Gasteiger partial charge on any atom is 0.215 e. The zero-order valence-electron chi connectivity index (χ0n) is 14.6. The molecule has 0 aromatic carbocycles. The van der Waals surface area contributed by atoms with Gasteiger partial charge in [0, 0.05) is 22.5 Å². The van der Waals surface area contributed by atoms with E-state index in [4.69, 9.17) is 11.6 Å². The average molecular weight is 377 g/mol. The molecule has 0 radical (unpaired) electrons. The number of nitrogens with zero attached hydrogens (tertiary/aromatic N) is 2. The molecule has 0 N–H and O–H groups in total. The van der Waals surface area contributed by atoms with Crippen molar-refractivity contribution in [3.8, 4) is 0 Å².